The third kappa shape index (κ3) is 3.16. The Morgan fingerprint density at radius 1 is 1.26 bits per heavy atom. The molecule has 0 bridgehead atoms. The molecule has 0 spiro atoms. The van der Waals surface area contributed by atoms with Gasteiger partial charge in [0.15, 0.2) is 5.82 Å². The van der Waals surface area contributed by atoms with Crippen molar-refractivity contribution in [3.8, 4) is 0 Å². The molecule has 0 N–H and O–H groups in total. The molecule has 1 atom stereocenters. The van der Waals surface area contributed by atoms with Gasteiger partial charge in [0.05, 0.1) is 0 Å². The van der Waals surface area contributed by atoms with E-state index in [1.165, 1.54) is 18.5 Å². The van der Waals surface area contributed by atoms with Crippen LogP contribution in [0.2, 0.25) is 0 Å². The Balaban J connectivity index is 1.39. The molecule has 7 nitrogen and oxygen atoms in total. The standard InChI is InChI=1S/C16H24N6O/c1-20-9-10-22(8-6-13-5-7-17-21(13)2)11-14(20)16-18-15(19-23-16)12-3-4-12/h5,7,12,14H,3-4,6,8-11H2,1-2H3/t14-/m1/s1. The maximum absolute atomic E-state index is 5.55. The van der Waals surface area contributed by atoms with Crippen molar-refractivity contribution < 1.29 is 4.52 Å². The maximum atomic E-state index is 5.55. The summed E-state index contributed by atoms with van der Waals surface area (Å²) in [7, 11) is 4.14. The quantitative estimate of drug-likeness (QED) is 0.826. The zero-order chi connectivity index (χ0) is 15.8. The summed E-state index contributed by atoms with van der Waals surface area (Å²) in [6.07, 6.45) is 5.29. The molecular formula is C16H24N6O. The van der Waals surface area contributed by atoms with Crippen LogP contribution in [0.5, 0.6) is 0 Å². The van der Waals surface area contributed by atoms with Gasteiger partial charge in [-0.1, -0.05) is 5.16 Å². The fraction of sp³-hybridized carbons (Fsp3) is 0.688. The van der Waals surface area contributed by atoms with Gasteiger partial charge in [-0.25, -0.2) is 0 Å². The third-order valence-electron chi connectivity index (χ3n) is 5.02. The topological polar surface area (TPSA) is 63.2 Å². The first-order valence-electron chi connectivity index (χ1n) is 8.43. The van der Waals surface area contributed by atoms with Crippen LogP contribution in [0.25, 0.3) is 0 Å². The highest BCUT2D eigenvalue weighted by Gasteiger charge is 2.33. The normalized spacial score (nSPS) is 23.5. The van der Waals surface area contributed by atoms with E-state index in [0.717, 1.165) is 44.3 Å². The van der Waals surface area contributed by atoms with Crippen LogP contribution in [0.4, 0.5) is 0 Å². The van der Waals surface area contributed by atoms with E-state index < -0.39 is 0 Å². The highest BCUT2D eigenvalue weighted by molar-refractivity contribution is 5.06. The minimum atomic E-state index is 0.204. The molecule has 7 heteroatoms. The molecule has 4 rings (SSSR count). The fourth-order valence-electron chi connectivity index (χ4n) is 3.21. The summed E-state index contributed by atoms with van der Waals surface area (Å²) in [5.74, 6) is 2.22. The van der Waals surface area contributed by atoms with Gasteiger partial charge < -0.3 is 4.52 Å². The highest BCUT2D eigenvalue weighted by Crippen LogP contribution is 2.38. The molecule has 2 aromatic heterocycles. The predicted octanol–water partition coefficient (Wildman–Crippen LogP) is 1.21. The summed E-state index contributed by atoms with van der Waals surface area (Å²) in [6.45, 7) is 4.08. The number of likely N-dealkylation sites (N-methyl/N-ethyl adjacent to an activating group) is 1. The molecule has 2 fully saturated rings. The van der Waals surface area contributed by atoms with Crippen molar-refractivity contribution in [2.75, 3.05) is 33.2 Å². The van der Waals surface area contributed by atoms with Crippen LogP contribution in [0.3, 0.4) is 0 Å². The Morgan fingerprint density at radius 2 is 2.13 bits per heavy atom. The van der Waals surface area contributed by atoms with Crippen molar-refractivity contribution in [1.82, 2.24) is 29.7 Å². The van der Waals surface area contributed by atoms with Crippen LogP contribution >= 0.6 is 0 Å². The molecule has 0 aromatic carbocycles. The molecule has 1 saturated carbocycles. The van der Waals surface area contributed by atoms with Gasteiger partial charge in [-0.2, -0.15) is 10.1 Å². The average molecular weight is 316 g/mol. The SMILES string of the molecule is CN1CCN(CCc2ccnn2C)C[C@@H]1c1nc(C2CC2)no1. The van der Waals surface area contributed by atoms with Gasteiger partial charge in [-0.05, 0) is 26.0 Å². The number of piperazine rings is 1. The van der Waals surface area contributed by atoms with Gasteiger partial charge in [-0.3, -0.25) is 14.5 Å². The minimum absolute atomic E-state index is 0.204. The second-order valence-electron chi connectivity index (χ2n) is 6.76. The molecule has 3 heterocycles. The Labute approximate surface area is 136 Å². The summed E-state index contributed by atoms with van der Waals surface area (Å²) in [6, 6.07) is 2.29. The van der Waals surface area contributed by atoms with E-state index in [1.54, 1.807) is 0 Å². The van der Waals surface area contributed by atoms with Crippen molar-refractivity contribution in [1.29, 1.82) is 0 Å². The van der Waals surface area contributed by atoms with Crippen LogP contribution in [-0.2, 0) is 13.5 Å². The summed E-state index contributed by atoms with van der Waals surface area (Å²) < 4.78 is 7.50. The van der Waals surface area contributed by atoms with E-state index >= 15 is 0 Å². The van der Waals surface area contributed by atoms with Crippen molar-refractivity contribution >= 4 is 0 Å². The van der Waals surface area contributed by atoms with Gasteiger partial charge in [0.25, 0.3) is 0 Å². The Morgan fingerprint density at radius 3 is 2.87 bits per heavy atom. The van der Waals surface area contributed by atoms with Crippen LogP contribution in [0.15, 0.2) is 16.8 Å². The van der Waals surface area contributed by atoms with Gasteiger partial charge in [0.2, 0.25) is 5.89 Å². The molecule has 0 radical (unpaired) electrons. The predicted molar refractivity (Wildman–Crippen MR) is 85.0 cm³/mol. The summed E-state index contributed by atoms with van der Waals surface area (Å²) >= 11 is 0. The molecule has 1 saturated heterocycles. The van der Waals surface area contributed by atoms with Crippen LogP contribution in [0, 0.1) is 0 Å². The first kappa shape index (κ1) is 14.8. The number of aryl methyl sites for hydroxylation is 1. The lowest BCUT2D eigenvalue weighted by Crippen LogP contribution is -2.47. The number of hydrogen-bond donors (Lipinski definition) is 0. The highest BCUT2D eigenvalue weighted by atomic mass is 16.5. The molecule has 2 aromatic rings. The molecule has 1 aliphatic carbocycles. The lowest BCUT2D eigenvalue weighted by molar-refractivity contribution is 0.0764. The molecule has 1 aliphatic heterocycles. The van der Waals surface area contributed by atoms with E-state index in [9.17, 15) is 0 Å². The minimum Gasteiger partial charge on any atom is -0.338 e. The first-order chi connectivity index (χ1) is 11.2. The maximum Gasteiger partial charge on any atom is 0.245 e. The van der Waals surface area contributed by atoms with Crippen LogP contribution in [-0.4, -0.2) is 62.9 Å². The molecule has 23 heavy (non-hydrogen) atoms. The smallest absolute Gasteiger partial charge is 0.245 e. The lowest BCUT2D eigenvalue weighted by atomic mass is 10.1. The van der Waals surface area contributed by atoms with Crippen molar-refractivity contribution in [2.45, 2.75) is 31.2 Å². The van der Waals surface area contributed by atoms with E-state index in [0.29, 0.717) is 5.92 Å². The molecule has 2 aliphatic rings. The number of aromatic nitrogens is 4. The number of nitrogens with zero attached hydrogens (tertiary/aromatic N) is 6. The van der Waals surface area contributed by atoms with Gasteiger partial charge in [-0.15, -0.1) is 0 Å². The molecule has 0 unspecified atom stereocenters. The second kappa shape index (κ2) is 6.05. The molecular weight excluding hydrogens is 292 g/mol. The Kier molecular flexibility index (Phi) is 3.90. The zero-order valence-corrected chi connectivity index (χ0v) is 13.9. The average Bonchev–Trinajstić information content (AvgIpc) is 3.14. The van der Waals surface area contributed by atoms with Crippen LogP contribution < -0.4 is 0 Å². The van der Waals surface area contributed by atoms with Crippen molar-refractivity contribution in [2.24, 2.45) is 7.05 Å². The number of rotatable bonds is 5. The summed E-state index contributed by atoms with van der Waals surface area (Å²) in [5.41, 5.74) is 1.27. The largest absolute Gasteiger partial charge is 0.338 e. The fourth-order valence-corrected chi connectivity index (χ4v) is 3.21. The second-order valence-corrected chi connectivity index (χ2v) is 6.76. The zero-order valence-electron chi connectivity index (χ0n) is 13.9. The van der Waals surface area contributed by atoms with Gasteiger partial charge >= 0.3 is 0 Å². The monoisotopic (exact) mass is 316 g/mol. The third-order valence-corrected chi connectivity index (χ3v) is 5.02. The van der Waals surface area contributed by atoms with E-state index in [1.807, 2.05) is 17.9 Å². The number of hydrogen-bond acceptors (Lipinski definition) is 6. The lowest BCUT2D eigenvalue weighted by Gasteiger charge is -2.37. The summed E-state index contributed by atoms with van der Waals surface area (Å²) in [4.78, 5) is 9.45. The molecule has 124 valence electrons. The van der Waals surface area contributed by atoms with E-state index in [2.05, 4.69) is 38.2 Å². The van der Waals surface area contributed by atoms with Gasteiger partial charge in [0.1, 0.15) is 6.04 Å². The van der Waals surface area contributed by atoms with Crippen LogP contribution in [0.1, 0.15) is 42.2 Å². The Hall–Kier alpha value is -1.73. The van der Waals surface area contributed by atoms with E-state index in [4.69, 9.17) is 4.52 Å². The Bertz CT molecular complexity index is 661. The van der Waals surface area contributed by atoms with Crippen molar-refractivity contribution in [3.05, 3.63) is 29.7 Å². The van der Waals surface area contributed by atoms with E-state index in [-0.39, 0.29) is 6.04 Å². The van der Waals surface area contributed by atoms with Gasteiger partial charge in [0, 0.05) is 57.5 Å². The first-order valence-corrected chi connectivity index (χ1v) is 8.43. The molecule has 0 amide bonds. The summed E-state index contributed by atoms with van der Waals surface area (Å²) in [5, 5.41) is 8.40. The van der Waals surface area contributed by atoms with Crippen molar-refractivity contribution in [3.63, 3.8) is 0 Å².